The summed E-state index contributed by atoms with van der Waals surface area (Å²) in [5.41, 5.74) is -0.435. The van der Waals surface area contributed by atoms with Crippen LogP contribution in [0.3, 0.4) is 0 Å². The van der Waals surface area contributed by atoms with Crippen LogP contribution in [0, 0.1) is 0 Å². The number of amides is 2. The predicted octanol–water partition coefficient (Wildman–Crippen LogP) is 6.90. The number of carbonyl (C=O) groups is 2. The van der Waals surface area contributed by atoms with Gasteiger partial charge >= 0.3 is 12.4 Å². The number of piperidine rings is 2. The van der Waals surface area contributed by atoms with Gasteiger partial charge in [-0.1, -0.05) is 60.7 Å². The van der Waals surface area contributed by atoms with E-state index < -0.39 is 59.3 Å². The first-order valence-electron chi connectivity index (χ1n) is 17.2. The van der Waals surface area contributed by atoms with Crippen molar-refractivity contribution >= 4 is 23.5 Å². The Morgan fingerprint density at radius 2 is 1.46 bits per heavy atom. The fourth-order valence-electron chi connectivity index (χ4n) is 7.64. The molecule has 3 aliphatic rings. The van der Waals surface area contributed by atoms with Crippen molar-refractivity contribution in [2.75, 3.05) is 36.4 Å². The lowest BCUT2D eigenvalue weighted by Gasteiger charge is -2.35. The lowest BCUT2D eigenvalue weighted by molar-refractivity contribution is -0.177. The van der Waals surface area contributed by atoms with Crippen LogP contribution in [-0.2, 0) is 11.0 Å². The van der Waals surface area contributed by atoms with Gasteiger partial charge in [-0.3, -0.25) is 9.59 Å². The molecule has 2 atom stereocenters. The predicted molar refractivity (Wildman–Crippen MR) is 179 cm³/mol. The molecule has 3 aliphatic heterocycles. The third-order valence-electron chi connectivity index (χ3n) is 10.2. The standard InChI is InChI=1S/C37H36F6N6O3/c38-36(39,40)26-21-44-27(20-25(26)35(52)48-16-8-3-9-17-48)47-18-14-22(15-19-47)30-28-29(37(41,42)43)32(50)34(51)45-33(28)49(46-30)31(23-10-4-1-5-11-23)24-12-6-2-7-13-24/h1-2,4-7,10-13,20-22,29,31-32,50H,3,8-9,14-19H2,(H,45,51). The second kappa shape index (κ2) is 13.9. The van der Waals surface area contributed by atoms with Crippen molar-refractivity contribution in [1.82, 2.24) is 19.7 Å². The van der Waals surface area contributed by atoms with Crippen molar-refractivity contribution in [3.8, 4) is 0 Å². The minimum atomic E-state index is -4.99. The van der Waals surface area contributed by atoms with E-state index >= 15 is 0 Å². The number of nitrogens with one attached hydrogen (secondary N) is 1. The smallest absolute Gasteiger partial charge is 0.382 e. The maximum Gasteiger partial charge on any atom is 0.418 e. The van der Waals surface area contributed by atoms with Crippen molar-refractivity contribution < 1.29 is 41.0 Å². The van der Waals surface area contributed by atoms with Gasteiger partial charge in [-0.2, -0.15) is 31.4 Å². The van der Waals surface area contributed by atoms with Crippen LogP contribution in [-0.4, -0.2) is 75.0 Å². The van der Waals surface area contributed by atoms with Gasteiger partial charge in [0.05, 0.1) is 16.8 Å². The monoisotopic (exact) mass is 726 g/mol. The van der Waals surface area contributed by atoms with Gasteiger partial charge in [0.2, 0.25) is 0 Å². The summed E-state index contributed by atoms with van der Waals surface area (Å²) < 4.78 is 87.8. The fourth-order valence-corrected chi connectivity index (χ4v) is 7.64. The number of carbonyl (C=O) groups excluding carboxylic acids is 2. The average molecular weight is 727 g/mol. The minimum absolute atomic E-state index is 0.0780. The summed E-state index contributed by atoms with van der Waals surface area (Å²) >= 11 is 0. The Morgan fingerprint density at radius 1 is 0.865 bits per heavy atom. The lowest BCUT2D eigenvalue weighted by Crippen LogP contribution is -2.45. The number of hydrogen-bond donors (Lipinski definition) is 2. The van der Waals surface area contributed by atoms with Crippen LogP contribution in [0.15, 0.2) is 72.9 Å². The van der Waals surface area contributed by atoms with E-state index in [9.17, 15) is 41.0 Å². The number of alkyl halides is 6. The van der Waals surface area contributed by atoms with E-state index in [1.807, 2.05) is 24.3 Å². The third-order valence-corrected chi connectivity index (χ3v) is 10.2. The second-order valence-electron chi connectivity index (χ2n) is 13.5. The zero-order chi connectivity index (χ0) is 36.8. The van der Waals surface area contributed by atoms with E-state index in [2.05, 4.69) is 10.3 Å². The Balaban J connectivity index is 1.25. The van der Waals surface area contributed by atoms with E-state index in [4.69, 9.17) is 5.10 Å². The molecule has 9 nitrogen and oxygen atoms in total. The summed E-state index contributed by atoms with van der Waals surface area (Å²) in [5, 5.41) is 18.0. The molecule has 0 spiro atoms. The number of anilines is 2. The summed E-state index contributed by atoms with van der Waals surface area (Å²) in [6, 6.07) is 18.4. The lowest BCUT2D eigenvalue weighted by atomic mass is 9.82. The number of hydrogen-bond acceptors (Lipinski definition) is 6. The van der Waals surface area contributed by atoms with Gasteiger partial charge in [-0.15, -0.1) is 0 Å². The number of aliphatic hydroxyl groups excluding tert-OH is 1. The Kier molecular flexibility index (Phi) is 9.48. The van der Waals surface area contributed by atoms with E-state index in [-0.39, 0.29) is 48.8 Å². The molecule has 2 unspecified atom stereocenters. The molecule has 0 bridgehead atoms. The topological polar surface area (TPSA) is 104 Å². The van der Waals surface area contributed by atoms with E-state index in [1.54, 1.807) is 41.3 Å². The quantitative estimate of drug-likeness (QED) is 0.210. The number of fused-ring (bicyclic) bond motifs is 1. The molecule has 5 heterocycles. The van der Waals surface area contributed by atoms with Crippen LogP contribution in [0.2, 0.25) is 0 Å². The molecule has 274 valence electrons. The average Bonchev–Trinajstić information content (AvgIpc) is 3.49. The number of nitrogens with zero attached hydrogens (tertiary/aromatic N) is 5. The number of aliphatic hydroxyl groups is 1. The second-order valence-corrected chi connectivity index (χ2v) is 13.5. The van der Waals surface area contributed by atoms with Gasteiger partial charge in [0.1, 0.15) is 29.7 Å². The van der Waals surface area contributed by atoms with Gasteiger partial charge < -0.3 is 20.2 Å². The molecule has 7 rings (SSSR count). The highest BCUT2D eigenvalue weighted by atomic mass is 19.4. The first kappa shape index (κ1) is 35.5. The molecular weight excluding hydrogens is 690 g/mol. The maximum atomic E-state index is 14.8. The van der Waals surface area contributed by atoms with Gasteiger partial charge in [-0.25, -0.2) is 9.67 Å². The molecule has 2 aromatic carbocycles. The summed E-state index contributed by atoms with van der Waals surface area (Å²) in [5.74, 6) is -5.02. The molecular formula is C37H36F6N6O3. The van der Waals surface area contributed by atoms with Crippen LogP contribution in [0.1, 0.15) is 88.3 Å². The van der Waals surface area contributed by atoms with Crippen molar-refractivity contribution in [3.05, 3.63) is 106 Å². The molecule has 0 aliphatic carbocycles. The number of likely N-dealkylation sites (tertiary alicyclic amines) is 1. The molecule has 2 N–H and O–H groups in total. The van der Waals surface area contributed by atoms with Crippen molar-refractivity contribution in [3.63, 3.8) is 0 Å². The zero-order valence-corrected chi connectivity index (χ0v) is 27.9. The van der Waals surface area contributed by atoms with Crippen LogP contribution < -0.4 is 10.2 Å². The van der Waals surface area contributed by atoms with E-state index in [1.165, 1.54) is 9.58 Å². The molecule has 2 fully saturated rings. The highest BCUT2D eigenvalue weighted by molar-refractivity contribution is 5.98. The molecule has 0 saturated carbocycles. The molecule has 2 saturated heterocycles. The fraction of sp³-hybridized carbons (Fsp3) is 0.405. The van der Waals surface area contributed by atoms with Crippen LogP contribution >= 0.6 is 0 Å². The van der Waals surface area contributed by atoms with Gasteiger partial charge in [0.15, 0.2) is 0 Å². The van der Waals surface area contributed by atoms with E-state index in [0.29, 0.717) is 43.3 Å². The number of halogens is 6. The maximum absolute atomic E-state index is 14.8. The SMILES string of the molecule is O=C1Nc2c(c(C3CCN(c4cc(C(=O)N5CCCCC5)c(C(F)(F)F)cn4)CC3)nn2C(c2ccccc2)c2ccccc2)C(C(F)(F)F)C1O. The van der Waals surface area contributed by atoms with Gasteiger partial charge in [0, 0.05) is 43.9 Å². The molecule has 4 aromatic rings. The van der Waals surface area contributed by atoms with E-state index in [0.717, 1.165) is 12.5 Å². The van der Waals surface area contributed by atoms with Crippen molar-refractivity contribution in [2.45, 2.75) is 68.4 Å². The summed E-state index contributed by atoms with van der Waals surface area (Å²) in [4.78, 5) is 33.4. The molecule has 52 heavy (non-hydrogen) atoms. The van der Waals surface area contributed by atoms with Crippen LogP contribution in [0.25, 0.3) is 0 Å². The minimum Gasteiger partial charge on any atom is -0.382 e. The Hall–Kier alpha value is -4.92. The number of benzene rings is 2. The Labute approximate surface area is 295 Å². The molecule has 2 amide bonds. The summed E-state index contributed by atoms with van der Waals surface area (Å²) in [7, 11) is 0. The van der Waals surface area contributed by atoms with Gasteiger partial charge in [0.25, 0.3) is 11.8 Å². The highest BCUT2D eigenvalue weighted by Gasteiger charge is 2.55. The van der Waals surface area contributed by atoms with Crippen molar-refractivity contribution in [2.24, 2.45) is 0 Å². The normalized spacial score (nSPS) is 20.2. The number of rotatable bonds is 6. The number of pyridine rings is 1. The number of aromatic nitrogens is 3. The first-order chi connectivity index (χ1) is 24.8. The highest BCUT2D eigenvalue weighted by Crippen LogP contribution is 2.49. The summed E-state index contributed by atoms with van der Waals surface area (Å²) in [6.07, 6.45) is -8.77. The largest absolute Gasteiger partial charge is 0.418 e. The van der Waals surface area contributed by atoms with Gasteiger partial charge in [-0.05, 0) is 49.3 Å². The summed E-state index contributed by atoms with van der Waals surface area (Å²) in [6.45, 7) is 1.10. The first-order valence-corrected chi connectivity index (χ1v) is 17.2. The van der Waals surface area contributed by atoms with Crippen LogP contribution in [0.4, 0.5) is 38.0 Å². The van der Waals surface area contributed by atoms with Crippen LogP contribution in [0.5, 0.6) is 0 Å². The third kappa shape index (κ3) is 6.73. The molecule has 2 aromatic heterocycles. The Morgan fingerprint density at radius 3 is 2.02 bits per heavy atom. The zero-order valence-electron chi connectivity index (χ0n) is 27.9. The Bertz CT molecular complexity index is 1880. The molecule has 15 heteroatoms. The van der Waals surface area contributed by atoms with Crippen molar-refractivity contribution in [1.29, 1.82) is 0 Å². The molecule has 0 radical (unpaired) electrons.